The van der Waals surface area contributed by atoms with E-state index in [2.05, 4.69) is 4.74 Å². The Bertz CT molecular complexity index is 828. The van der Waals surface area contributed by atoms with Gasteiger partial charge in [0, 0.05) is 15.5 Å². The van der Waals surface area contributed by atoms with Crippen LogP contribution in [-0.2, 0) is 25.2 Å². The highest BCUT2D eigenvalue weighted by molar-refractivity contribution is 14.1. The van der Waals surface area contributed by atoms with Gasteiger partial charge >= 0.3 is 18.1 Å². The number of ether oxygens (including phenoxy) is 2. The summed E-state index contributed by atoms with van der Waals surface area (Å²) in [5.41, 5.74) is -0.793. The molecule has 138 valence electrons. The second kappa shape index (κ2) is 7.94. The number of allylic oxidation sites excluding steroid dienone is 2. The zero-order valence-electron chi connectivity index (χ0n) is 13.6. The van der Waals surface area contributed by atoms with E-state index in [9.17, 15) is 22.8 Å². The largest absolute Gasteiger partial charge is 0.465 e. The first-order valence-electron chi connectivity index (χ1n) is 7.12. The number of esters is 2. The predicted octanol–water partition coefficient (Wildman–Crippen LogP) is 3.80. The van der Waals surface area contributed by atoms with E-state index in [1.807, 2.05) is 0 Å². The molecule has 1 aliphatic rings. The van der Waals surface area contributed by atoms with Crippen molar-refractivity contribution in [1.29, 1.82) is 0 Å². The zero-order chi connectivity index (χ0) is 19.5. The van der Waals surface area contributed by atoms with Gasteiger partial charge < -0.3 is 14.4 Å². The van der Waals surface area contributed by atoms with Crippen molar-refractivity contribution in [3.8, 4) is 0 Å². The number of methoxy groups -OCH3 is 2. The van der Waals surface area contributed by atoms with Crippen LogP contribution >= 0.6 is 22.6 Å². The van der Waals surface area contributed by atoms with Crippen LogP contribution in [0.1, 0.15) is 5.56 Å². The minimum atomic E-state index is -4.50. The van der Waals surface area contributed by atoms with E-state index in [0.717, 1.165) is 20.3 Å². The van der Waals surface area contributed by atoms with Gasteiger partial charge in [0.25, 0.3) is 0 Å². The molecule has 0 aliphatic carbocycles. The van der Waals surface area contributed by atoms with Gasteiger partial charge in [-0.05, 0) is 52.9 Å². The normalized spacial score (nSPS) is 14.3. The lowest BCUT2D eigenvalue weighted by Crippen LogP contribution is -2.27. The Kier molecular flexibility index (Phi) is 6.11. The molecular weight excluding hydrogens is 466 g/mol. The third-order valence-corrected chi connectivity index (χ3v) is 4.32. The third kappa shape index (κ3) is 4.09. The third-order valence-electron chi connectivity index (χ3n) is 3.43. The molecule has 0 atom stereocenters. The molecule has 0 bridgehead atoms. The predicted molar refractivity (Wildman–Crippen MR) is 96.0 cm³/mol. The molecule has 0 N–H and O–H groups in total. The Hall–Kier alpha value is -2.30. The summed E-state index contributed by atoms with van der Waals surface area (Å²) in [6, 6.07) is 3.38. The quantitative estimate of drug-likeness (QED) is 0.488. The molecule has 0 spiro atoms. The maximum Gasteiger partial charge on any atom is 0.417 e. The van der Waals surface area contributed by atoms with E-state index in [0.29, 0.717) is 0 Å². The molecule has 0 radical (unpaired) electrons. The number of carbonyl (C=O) groups excluding carboxylic acids is 2. The average Bonchev–Trinajstić information content (AvgIpc) is 2.82. The molecule has 1 aliphatic heterocycles. The van der Waals surface area contributed by atoms with Crippen LogP contribution in [0.15, 0.2) is 53.9 Å². The molecule has 0 saturated heterocycles. The first kappa shape index (κ1) is 20.0. The minimum Gasteiger partial charge on any atom is -0.465 e. The van der Waals surface area contributed by atoms with Gasteiger partial charge in [-0.25, -0.2) is 9.59 Å². The lowest BCUT2D eigenvalue weighted by atomic mass is 10.1. The molecule has 1 heterocycles. The highest BCUT2D eigenvalue weighted by Gasteiger charge is 2.34. The molecule has 9 heteroatoms. The number of hydrogen-bond acceptors (Lipinski definition) is 5. The van der Waals surface area contributed by atoms with Crippen LogP contribution < -0.4 is 4.90 Å². The molecular formula is C17H13F3INO4. The average molecular weight is 479 g/mol. The second-order valence-corrected chi connectivity index (χ2v) is 6.14. The molecule has 26 heavy (non-hydrogen) atoms. The standard InChI is InChI=1S/C17H13F3INO4/c1-25-15(23)11-5-3-4-8-22(14(11)16(24)26-2)10-6-7-12(13(21)9-10)17(18,19)20/h3-9H,1-2H3. The van der Waals surface area contributed by atoms with Crippen molar-refractivity contribution >= 4 is 40.2 Å². The molecule has 0 saturated carbocycles. The zero-order valence-corrected chi connectivity index (χ0v) is 15.8. The number of benzene rings is 1. The fraction of sp³-hybridized carbons (Fsp3) is 0.176. The number of hydrogen-bond donors (Lipinski definition) is 0. The molecule has 5 nitrogen and oxygen atoms in total. The Morgan fingerprint density at radius 3 is 2.27 bits per heavy atom. The van der Waals surface area contributed by atoms with Crippen LogP contribution in [0.2, 0.25) is 0 Å². The molecule has 2 rings (SSSR count). The van der Waals surface area contributed by atoms with Gasteiger partial charge in [0.2, 0.25) is 0 Å². The van der Waals surface area contributed by atoms with E-state index < -0.39 is 23.7 Å². The molecule has 1 aromatic carbocycles. The summed E-state index contributed by atoms with van der Waals surface area (Å²) in [6.45, 7) is 0. The Morgan fingerprint density at radius 1 is 1.08 bits per heavy atom. The van der Waals surface area contributed by atoms with Crippen LogP contribution in [0.25, 0.3) is 0 Å². The Balaban J connectivity index is 2.64. The molecule has 1 aromatic rings. The summed E-state index contributed by atoms with van der Waals surface area (Å²) in [4.78, 5) is 25.6. The van der Waals surface area contributed by atoms with Gasteiger partial charge in [0.1, 0.15) is 5.70 Å². The molecule has 0 amide bonds. The first-order valence-corrected chi connectivity index (χ1v) is 8.20. The van der Waals surface area contributed by atoms with Crippen LogP contribution in [-0.4, -0.2) is 26.2 Å². The van der Waals surface area contributed by atoms with Crippen molar-refractivity contribution in [3.63, 3.8) is 0 Å². The summed E-state index contributed by atoms with van der Waals surface area (Å²) in [5.74, 6) is -1.62. The summed E-state index contributed by atoms with van der Waals surface area (Å²) in [6.07, 6.45) is 1.35. The molecule has 0 unspecified atom stereocenters. The van der Waals surface area contributed by atoms with Crippen LogP contribution in [0, 0.1) is 3.57 Å². The van der Waals surface area contributed by atoms with E-state index >= 15 is 0 Å². The number of halogens is 4. The summed E-state index contributed by atoms with van der Waals surface area (Å²) in [7, 11) is 2.29. The van der Waals surface area contributed by atoms with Crippen molar-refractivity contribution in [2.24, 2.45) is 0 Å². The summed E-state index contributed by atoms with van der Waals surface area (Å²) >= 11 is 1.57. The van der Waals surface area contributed by atoms with Crippen molar-refractivity contribution < 1.29 is 32.2 Å². The smallest absolute Gasteiger partial charge is 0.417 e. The maximum atomic E-state index is 13.0. The lowest BCUT2D eigenvalue weighted by Gasteiger charge is -2.24. The van der Waals surface area contributed by atoms with Gasteiger partial charge in [0.05, 0.1) is 25.4 Å². The minimum absolute atomic E-state index is 0.0537. The monoisotopic (exact) mass is 479 g/mol. The van der Waals surface area contributed by atoms with E-state index in [-0.39, 0.29) is 20.5 Å². The number of anilines is 1. The Labute approximate surface area is 160 Å². The van der Waals surface area contributed by atoms with Crippen LogP contribution in [0.5, 0.6) is 0 Å². The topological polar surface area (TPSA) is 55.8 Å². The van der Waals surface area contributed by atoms with Gasteiger partial charge in [-0.3, -0.25) is 0 Å². The van der Waals surface area contributed by atoms with Crippen LogP contribution in [0.4, 0.5) is 18.9 Å². The van der Waals surface area contributed by atoms with Gasteiger partial charge in [-0.15, -0.1) is 0 Å². The van der Waals surface area contributed by atoms with E-state index in [1.165, 1.54) is 41.5 Å². The van der Waals surface area contributed by atoms with Crippen molar-refractivity contribution in [1.82, 2.24) is 0 Å². The number of rotatable bonds is 3. The molecule has 0 fully saturated rings. The highest BCUT2D eigenvalue weighted by atomic mass is 127. The fourth-order valence-corrected chi connectivity index (χ4v) is 3.05. The molecule has 0 aromatic heterocycles. The Morgan fingerprint density at radius 2 is 1.73 bits per heavy atom. The summed E-state index contributed by atoms with van der Waals surface area (Å²) in [5, 5.41) is 0. The van der Waals surface area contributed by atoms with Crippen molar-refractivity contribution in [2.45, 2.75) is 6.18 Å². The fourth-order valence-electron chi connectivity index (χ4n) is 2.25. The summed E-state index contributed by atoms with van der Waals surface area (Å²) < 4.78 is 48.3. The van der Waals surface area contributed by atoms with Gasteiger partial charge in [-0.2, -0.15) is 13.2 Å². The van der Waals surface area contributed by atoms with Crippen molar-refractivity contribution in [2.75, 3.05) is 19.1 Å². The van der Waals surface area contributed by atoms with Gasteiger partial charge in [0.15, 0.2) is 0 Å². The lowest BCUT2D eigenvalue weighted by molar-refractivity contribution is -0.139. The maximum absolute atomic E-state index is 13.0. The first-order chi connectivity index (χ1) is 12.2. The number of nitrogens with zero attached hydrogens (tertiary/aromatic N) is 1. The van der Waals surface area contributed by atoms with Gasteiger partial charge in [-0.1, -0.05) is 6.08 Å². The SMILES string of the molecule is COC(=O)C1=C(C(=O)OC)N(c2ccc(C(F)(F)F)c(I)c2)C=CC=C1. The van der Waals surface area contributed by atoms with Crippen molar-refractivity contribution in [3.05, 3.63) is 63.0 Å². The van der Waals surface area contributed by atoms with E-state index in [1.54, 1.807) is 22.6 Å². The number of alkyl halides is 3. The number of carbonyl (C=O) groups is 2. The van der Waals surface area contributed by atoms with Crippen LogP contribution in [0.3, 0.4) is 0 Å². The van der Waals surface area contributed by atoms with E-state index in [4.69, 9.17) is 4.74 Å². The second-order valence-electron chi connectivity index (χ2n) is 4.98. The highest BCUT2D eigenvalue weighted by Crippen LogP contribution is 2.36.